The summed E-state index contributed by atoms with van der Waals surface area (Å²) >= 11 is 0. The van der Waals surface area contributed by atoms with Crippen LogP contribution in [0.15, 0.2) is 42.5 Å². The first kappa shape index (κ1) is 15.5. The number of benzene rings is 2. The number of hydrogen-bond acceptors (Lipinski definition) is 4. The second-order valence-corrected chi connectivity index (χ2v) is 5.81. The summed E-state index contributed by atoms with van der Waals surface area (Å²) in [4.78, 5) is 0. The molecular weight excluding hydrogens is 321 g/mol. The fraction of sp³-hybridized carbons (Fsp3) is 0.211. The monoisotopic (exact) mass is 339 g/mol. The van der Waals surface area contributed by atoms with Gasteiger partial charge in [0.15, 0.2) is 0 Å². The second kappa shape index (κ2) is 6.12. The highest BCUT2D eigenvalue weighted by molar-refractivity contribution is 5.77. The maximum Gasteiger partial charge on any atom is 0.133 e. The zero-order valence-electron chi connectivity index (χ0n) is 14.0. The topological polar surface area (TPSA) is 48.3 Å². The Morgan fingerprint density at radius 1 is 1.08 bits per heavy atom. The van der Waals surface area contributed by atoms with Gasteiger partial charge in [0.25, 0.3) is 0 Å². The van der Waals surface area contributed by atoms with Crippen molar-refractivity contribution in [1.82, 2.24) is 9.78 Å². The van der Waals surface area contributed by atoms with Crippen molar-refractivity contribution in [3.63, 3.8) is 0 Å². The van der Waals surface area contributed by atoms with Gasteiger partial charge >= 0.3 is 0 Å². The predicted molar refractivity (Wildman–Crippen MR) is 94.3 cm³/mol. The van der Waals surface area contributed by atoms with Gasteiger partial charge in [-0.25, -0.2) is 9.07 Å². The van der Waals surface area contributed by atoms with Gasteiger partial charge in [-0.15, -0.1) is 0 Å². The van der Waals surface area contributed by atoms with Crippen molar-refractivity contribution < 1.29 is 13.9 Å². The molecule has 2 heterocycles. The molecule has 0 unspecified atom stereocenters. The Kier molecular flexibility index (Phi) is 3.80. The number of ether oxygens (including phenoxy) is 2. The average molecular weight is 339 g/mol. The van der Waals surface area contributed by atoms with Gasteiger partial charge in [-0.05, 0) is 48.9 Å². The summed E-state index contributed by atoms with van der Waals surface area (Å²) in [5.41, 5.74) is 3.65. The molecule has 5 nitrogen and oxygen atoms in total. The quantitative estimate of drug-likeness (QED) is 0.788. The number of methoxy groups -OCH3 is 2. The molecule has 0 aliphatic carbocycles. The predicted octanol–water partition coefficient (Wildman–Crippen LogP) is 3.66. The lowest BCUT2D eigenvalue weighted by Crippen LogP contribution is -2.04. The van der Waals surface area contributed by atoms with Crippen molar-refractivity contribution in [2.24, 2.45) is 0 Å². The van der Waals surface area contributed by atoms with Crippen molar-refractivity contribution in [2.75, 3.05) is 26.1 Å². The molecule has 4 rings (SSSR count). The van der Waals surface area contributed by atoms with Crippen molar-refractivity contribution in [2.45, 2.75) is 6.42 Å². The number of halogens is 1. The van der Waals surface area contributed by atoms with Crippen LogP contribution < -0.4 is 14.8 Å². The van der Waals surface area contributed by atoms with Crippen LogP contribution in [0.25, 0.3) is 16.9 Å². The lowest BCUT2D eigenvalue weighted by Gasteiger charge is -2.10. The van der Waals surface area contributed by atoms with Crippen LogP contribution in [0.3, 0.4) is 0 Å². The Labute approximate surface area is 145 Å². The van der Waals surface area contributed by atoms with Gasteiger partial charge in [-0.2, -0.15) is 5.10 Å². The van der Waals surface area contributed by atoms with E-state index in [2.05, 4.69) is 5.32 Å². The van der Waals surface area contributed by atoms with Crippen LogP contribution >= 0.6 is 0 Å². The largest absolute Gasteiger partial charge is 0.497 e. The first-order chi connectivity index (χ1) is 12.2. The van der Waals surface area contributed by atoms with Crippen molar-refractivity contribution in [3.8, 4) is 28.4 Å². The van der Waals surface area contributed by atoms with Crippen molar-refractivity contribution >= 4 is 5.82 Å². The van der Waals surface area contributed by atoms with Gasteiger partial charge in [0.05, 0.1) is 19.9 Å². The number of nitrogens with one attached hydrogen (secondary N) is 1. The zero-order chi connectivity index (χ0) is 17.4. The van der Waals surface area contributed by atoms with Crippen molar-refractivity contribution in [3.05, 3.63) is 53.8 Å². The SMILES string of the molecule is COc1ccc(OC)c(-c2nn(-c3ccc(F)cc3)c3c2CCN3)c1. The van der Waals surface area contributed by atoms with E-state index in [1.165, 1.54) is 12.1 Å². The van der Waals surface area contributed by atoms with E-state index >= 15 is 0 Å². The molecular formula is C19H18FN3O2. The summed E-state index contributed by atoms with van der Waals surface area (Å²) in [5.74, 6) is 2.15. The van der Waals surface area contributed by atoms with E-state index in [0.29, 0.717) is 0 Å². The third kappa shape index (κ3) is 2.59. The van der Waals surface area contributed by atoms with E-state index in [1.54, 1.807) is 26.4 Å². The molecule has 1 N–H and O–H groups in total. The molecule has 1 aliphatic heterocycles. The van der Waals surface area contributed by atoms with Crippen LogP contribution in [0.5, 0.6) is 11.5 Å². The summed E-state index contributed by atoms with van der Waals surface area (Å²) in [5, 5.41) is 8.15. The van der Waals surface area contributed by atoms with Crippen LogP contribution in [0, 0.1) is 5.82 Å². The normalized spacial score (nSPS) is 12.6. The Morgan fingerprint density at radius 3 is 2.60 bits per heavy atom. The minimum atomic E-state index is -0.268. The van der Waals surface area contributed by atoms with E-state index in [9.17, 15) is 4.39 Å². The van der Waals surface area contributed by atoms with Crippen LogP contribution in [-0.4, -0.2) is 30.5 Å². The number of hydrogen-bond donors (Lipinski definition) is 1. The van der Waals surface area contributed by atoms with Gasteiger partial charge in [0.1, 0.15) is 28.8 Å². The smallest absolute Gasteiger partial charge is 0.133 e. The molecule has 0 bridgehead atoms. The Morgan fingerprint density at radius 2 is 1.88 bits per heavy atom. The van der Waals surface area contributed by atoms with Gasteiger partial charge in [0.2, 0.25) is 0 Å². The summed E-state index contributed by atoms with van der Waals surface area (Å²) in [7, 11) is 3.27. The van der Waals surface area contributed by atoms with Crippen LogP contribution in [0.1, 0.15) is 5.56 Å². The van der Waals surface area contributed by atoms with Gasteiger partial charge in [0, 0.05) is 17.7 Å². The first-order valence-corrected chi connectivity index (χ1v) is 8.05. The number of rotatable bonds is 4. The van der Waals surface area contributed by atoms with Gasteiger partial charge < -0.3 is 14.8 Å². The number of nitrogens with zero attached hydrogens (tertiary/aromatic N) is 2. The summed E-state index contributed by atoms with van der Waals surface area (Å²) < 4.78 is 25.9. The first-order valence-electron chi connectivity index (χ1n) is 8.05. The third-order valence-corrected chi connectivity index (χ3v) is 4.38. The molecule has 0 amide bonds. The van der Waals surface area contributed by atoms with E-state index in [0.717, 1.165) is 52.8 Å². The Hall–Kier alpha value is -3.02. The molecule has 0 spiro atoms. The second-order valence-electron chi connectivity index (χ2n) is 5.81. The molecule has 1 aliphatic rings. The van der Waals surface area contributed by atoms with Crippen LogP contribution in [0.2, 0.25) is 0 Å². The summed E-state index contributed by atoms with van der Waals surface area (Å²) in [6.07, 6.45) is 0.867. The number of anilines is 1. The van der Waals surface area contributed by atoms with E-state index in [-0.39, 0.29) is 5.82 Å². The highest BCUT2D eigenvalue weighted by atomic mass is 19.1. The highest BCUT2D eigenvalue weighted by Crippen LogP contribution is 2.40. The molecule has 0 fully saturated rings. The Bertz CT molecular complexity index is 919. The Balaban J connectivity index is 1.90. The van der Waals surface area contributed by atoms with Crippen LogP contribution in [0.4, 0.5) is 10.2 Å². The molecule has 0 saturated heterocycles. The number of fused-ring (bicyclic) bond motifs is 1. The molecule has 128 valence electrons. The maximum absolute atomic E-state index is 13.3. The van der Waals surface area contributed by atoms with E-state index < -0.39 is 0 Å². The average Bonchev–Trinajstić information content (AvgIpc) is 3.24. The lowest BCUT2D eigenvalue weighted by molar-refractivity contribution is 0.404. The van der Waals surface area contributed by atoms with E-state index in [4.69, 9.17) is 14.6 Å². The van der Waals surface area contributed by atoms with Crippen LogP contribution in [-0.2, 0) is 6.42 Å². The summed E-state index contributed by atoms with van der Waals surface area (Å²) in [6.45, 7) is 0.841. The zero-order valence-corrected chi connectivity index (χ0v) is 14.0. The minimum absolute atomic E-state index is 0.268. The third-order valence-electron chi connectivity index (χ3n) is 4.38. The molecule has 0 atom stereocenters. The molecule has 0 saturated carbocycles. The molecule has 6 heteroatoms. The van der Waals surface area contributed by atoms with Crippen molar-refractivity contribution in [1.29, 1.82) is 0 Å². The maximum atomic E-state index is 13.3. The number of aromatic nitrogens is 2. The van der Waals surface area contributed by atoms with Gasteiger partial charge in [-0.3, -0.25) is 0 Å². The molecule has 25 heavy (non-hydrogen) atoms. The van der Waals surface area contributed by atoms with E-state index in [1.807, 2.05) is 22.9 Å². The fourth-order valence-corrected chi connectivity index (χ4v) is 3.16. The minimum Gasteiger partial charge on any atom is -0.497 e. The standard InChI is InChI=1S/C19H18FN3O2/c1-24-14-7-8-17(25-2)16(11-14)18-15-9-10-21-19(15)23(22-18)13-5-3-12(20)4-6-13/h3-8,11,21H,9-10H2,1-2H3. The lowest BCUT2D eigenvalue weighted by atomic mass is 10.1. The highest BCUT2D eigenvalue weighted by Gasteiger charge is 2.25. The fourth-order valence-electron chi connectivity index (χ4n) is 3.16. The summed E-state index contributed by atoms with van der Waals surface area (Å²) in [6, 6.07) is 12.0. The molecule has 3 aromatic rings. The molecule has 2 aromatic carbocycles. The molecule has 1 aromatic heterocycles. The molecule has 0 radical (unpaired) electrons. The van der Waals surface area contributed by atoms with Gasteiger partial charge in [-0.1, -0.05) is 0 Å².